The van der Waals surface area contributed by atoms with Gasteiger partial charge in [-0.3, -0.25) is 4.79 Å². The lowest BCUT2D eigenvalue weighted by Crippen LogP contribution is -2.36. The molecule has 0 saturated heterocycles. The number of rotatable bonds is 5. The molecule has 3 heterocycles. The average molecular weight is 433 g/mol. The van der Waals surface area contributed by atoms with E-state index < -0.39 is 0 Å². The molecule has 1 aliphatic rings. The fourth-order valence-corrected chi connectivity index (χ4v) is 4.11. The van der Waals surface area contributed by atoms with Crippen LogP contribution in [0, 0.1) is 0 Å². The summed E-state index contributed by atoms with van der Waals surface area (Å²) in [6.07, 6.45) is 1.39. The zero-order valence-electron chi connectivity index (χ0n) is 16.5. The van der Waals surface area contributed by atoms with E-state index in [2.05, 4.69) is 23.8 Å². The molecule has 2 aromatic heterocycles. The van der Waals surface area contributed by atoms with Crippen LogP contribution in [-0.2, 0) is 19.4 Å². The Morgan fingerprint density at radius 2 is 2.03 bits per heavy atom. The summed E-state index contributed by atoms with van der Waals surface area (Å²) in [5, 5.41) is 2.59. The molecule has 8 heteroatoms. The maximum atomic E-state index is 12.9. The monoisotopic (exact) mass is 432 g/mol. The third-order valence-electron chi connectivity index (χ3n) is 4.88. The number of hydrogen-bond donors (Lipinski definition) is 1. The van der Waals surface area contributed by atoms with Gasteiger partial charge in [0.2, 0.25) is 0 Å². The average Bonchev–Trinajstić information content (AvgIpc) is 3.35. The minimum absolute atomic E-state index is 0. The lowest BCUT2D eigenvalue weighted by molar-refractivity contribution is 0.0722. The molecular formula is C21H25ClN4O2S. The van der Waals surface area contributed by atoms with E-state index >= 15 is 0 Å². The van der Waals surface area contributed by atoms with E-state index in [0.717, 1.165) is 27.9 Å². The topological polar surface area (TPSA) is 85.2 Å². The smallest absolute Gasteiger partial charge is 0.273 e. The summed E-state index contributed by atoms with van der Waals surface area (Å²) in [6.45, 7) is 5.18. The van der Waals surface area contributed by atoms with Crippen molar-refractivity contribution in [2.75, 3.05) is 6.54 Å². The van der Waals surface area contributed by atoms with Crippen molar-refractivity contribution < 1.29 is 9.21 Å². The highest BCUT2D eigenvalue weighted by molar-refractivity contribution is 7.09. The second kappa shape index (κ2) is 9.07. The molecule has 1 atom stereocenters. The van der Waals surface area contributed by atoms with Gasteiger partial charge in [0.15, 0.2) is 5.89 Å². The standard InChI is InChI=1S/C21H24N4O2S.ClH/c1-13(2)19-23-16-11-25(9-8-18(16)27-19)21(26)17-12-28-20(24-17)15(22)10-14-6-4-3-5-7-14;/h3-7,12-13,15H,8-11,22H2,1-2H3;1H/t15-;/m0./s1. The first-order chi connectivity index (χ1) is 13.5. The molecule has 0 spiro atoms. The van der Waals surface area contributed by atoms with Crippen molar-refractivity contribution in [3.63, 3.8) is 0 Å². The fraction of sp³-hybridized carbons (Fsp3) is 0.381. The quantitative estimate of drug-likeness (QED) is 0.655. The van der Waals surface area contributed by atoms with Crippen molar-refractivity contribution in [2.45, 2.75) is 45.2 Å². The molecule has 0 aliphatic carbocycles. The van der Waals surface area contributed by atoms with Gasteiger partial charge < -0.3 is 15.1 Å². The van der Waals surface area contributed by atoms with Crippen molar-refractivity contribution in [3.8, 4) is 0 Å². The van der Waals surface area contributed by atoms with Crippen molar-refractivity contribution in [1.29, 1.82) is 0 Å². The molecular weight excluding hydrogens is 408 g/mol. The number of amides is 1. The van der Waals surface area contributed by atoms with Crippen molar-refractivity contribution >= 4 is 29.7 Å². The Bertz CT molecular complexity index is 970. The van der Waals surface area contributed by atoms with Crippen LogP contribution in [0.1, 0.15) is 64.2 Å². The van der Waals surface area contributed by atoms with Gasteiger partial charge >= 0.3 is 0 Å². The van der Waals surface area contributed by atoms with E-state index in [-0.39, 0.29) is 30.3 Å². The van der Waals surface area contributed by atoms with Gasteiger partial charge in [0.1, 0.15) is 22.2 Å². The summed E-state index contributed by atoms with van der Waals surface area (Å²) in [6, 6.07) is 9.86. The van der Waals surface area contributed by atoms with Crippen LogP contribution in [0.15, 0.2) is 40.1 Å². The molecule has 1 aliphatic heterocycles. The van der Waals surface area contributed by atoms with E-state index in [0.29, 0.717) is 31.6 Å². The molecule has 3 aromatic rings. The normalized spacial score (nSPS) is 14.4. The van der Waals surface area contributed by atoms with Gasteiger partial charge in [-0.25, -0.2) is 9.97 Å². The van der Waals surface area contributed by atoms with E-state index in [1.54, 1.807) is 10.3 Å². The molecule has 0 unspecified atom stereocenters. The van der Waals surface area contributed by atoms with Crippen LogP contribution in [0.2, 0.25) is 0 Å². The maximum Gasteiger partial charge on any atom is 0.273 e. The number of halogens is 1. The van der Waals surface area contributed by atoms with Gasteiger partial charge in [0.05, 0.1) is 12.6 Å². The van der Waals surface area contributed by atoms with Crippen LogP contribution in [0.5, 0.6) is 0 Å². The Morgan fingerprint density at radius 3 is 2.76 bits per heavy atom. The number of carbonyl (C=O) groups is 1. The molecule has 154 valence electrons. The largest absolute Gasteiger partial charge is 0.445 e. The van der Waals surface area contributed by atoms with Crippen molar-refractivity contribution in [3.05, 3.63) is 69.3 Å². The van der Waals surface area contributed by atoms with Gasteiger partial charge in [0.25, 0.3) is 5.91 Å². The lowest BCUT2D eigenvalue weighted by atomic mass is 10.1. The molecule has 6 nitrogen and oxygen atoms in total. The molecule has 0 bridgehead atoms. The van der Waals surface area contributed by atoms with Gasteiger partial charge in [-0.15, -0.1) is 23.7 Å². The molecule has 1 aromatic carbocycles. The first kappa shape index (κ1) is 21.5. The zero-order valence-corrected chi connectivity index (χ0v) is 18.1. The number of benzene rings is 1. The second-order valence-electron chi connectivity index (χ2n) is 7.42. The molecule has 1 amide bonds. The highest BCUT2D eigenvalue weighted by Gasteiger charge is 2.28. The number of carbonyl (C=O) groups excluding carboxylic acids is 1. The van der Waals surface area contributed by atoms with Crippen LogP contribution in [-0.4, -0.2) is 27.3 Å². The van der Waals surface area contributed by atoms with Crippen LogP contribution in [0.25, 0.3) is 0 Å². The second-order valence-corrected chi connectivity index (χ2v) is 8.31. The van der Waals surface area contributed by atoms with Gasteiger partial charge in [-0.2, -0.15) is 0 Å². The number of hydrogen-bond acceptors (Lipinski definition) is 6. The summed E-state index contributed by atoms with van der Waals surface area (Å²) in [5.41, 5.74) is 8.79. The van der Waals surface area contributed by atoms with Crippen LogP contribution in [0.3, 0.4) is 0 Å². The predicted molar refractivity (Wildman–Crippen MR) is 115 cm³/mol. The Hall–Kier alpha value is -2.22. The van der Waals surface area contributed by atoms with Crippen molar-refractivity contribution in [2.24, 2.45) is 5.73 Å². The Morgan fingerprint density at radius 1 is 1.28 bits per heavy atom. The molecule has 4 rings (SSSR count). The molecule has 0 fully saturated rings. The van der Waals surface area contributed by atoms with E-state index in [1.807, 2.05) is 30.3 Å². The molecule has 29 heavy (non-hydrogen) atoms. The third kappa shape index (κ3) is 4.69. The van der Waals surface area contributed by atoms with Gasteiger partial charge in [-0.05, 0) is 12.0 Å². The van der Waals surface area contributed by atoms with E-state index in [4.69, 9.17) is 10.2 Å². The predicted octanol–water partition coefficient (Wildman–Crippen LogP) is 4.12. The van der Waals surface area contributed by atoms with Crippen LogP contribution in [0.4, 0.5) is 0 Å². The summed E-state index contributed by atoms with van der Waals surface area (Å²) in [7, 11) is 0. The summed E-state index contributed by atoms with van der Waals surface area (Å²) < 4.78 is 5.81. The minimum Gasteiger partial charge on any atom is -0.445 e. The number of nitrogens with zero attached hydrogens (tertiary/aromatic N) is 3. The van der Waals surface area contributed by atoms with Gasteiger partial charge in [-0.1, -0.05) is 44.2 Å². The summed E-state index contributed by atoms with van der Waals surface area (Å²) in [4.78, 5) is 23.8. The minimum atomic E-state index is -0.217. The van der Waals surface area contributed by atoms with E-state index in [9.17, 15) is 4.79 Å². The molecule has 0 saturated carbocycles. The Kier molecular flexibility index (Phi) is 6.72. The highest BCUT2D eigenvalue weighted by Crippen LogP contribution is 2.26. The Balaban J connectivity index is 0.00000240. The third-order valence-corrected chi connectivity index (χ3v) is 5.86. The number of oxazole rings is 1. The Labute approximate surface area is 180 Å². The van der Waals surface area contributed by atoms with E-state index in [1.165, 1.54) is 11.3 Å². The first-order valence-corrected chi connectivity index (χ1v) is 10.4. The summed E-state index contributed by atoms with van der Waals surface area (Å²) >= 11 is 1.45. The number of aromatic nitrogens is 2. The number of thiazole rings is 1. The number of nitrogens with two attached hydrogens (primary N) is 1. The highest BCUT2D eigenvalue weighted by atomic mass is 35.5. The van der Waals surface area contributed by atoms with Crippen LogP contribution < -0.4 is 5.73 Å². The zero-order chi connectivity index (χ0) is 19.7. The molecule has 0 radical (unpaired) electrons. The van der Waals surface area contributed by atoms with Crippen LogP contribution >= 0.6 is 23.7 Å². The van der Waals surface area contributed by atoms with Gasteiger partial charge in [0, 0.05) is 24.3 Å². The first-order valence-electron chi connectivity index (χ1n) is 9.54. The maximum absolute atomic E-state index is 12.9. The molecule has 2 N–H and O–H groups in total. The number of fused-ring (bicyclic) bond motifs is 1. The fourth-order valence-electron chi connectivity index (χ4n) is 3.31. The van der Waals surface area contributed by atoms with Crippen molar-refractivity contribution in [1.82, 2.24) is 14.9 Å². The lowest BCUT2D eigenvalue weighted by Gasteiger charge is -2.24. The summed E-state index contributed by atoms with van der Waals surface area (Å²) in [5.74, 6) is 1.80. The SMILES string of the molecule is CC(C)c1nc2c(o1)CCN(C(=O)c1csc([C@@H](N)Cc3ccccc3)n1)C2.Cl.